The van der Waals surface area contributed by atoms with Crippen LogP contribution in [0.4, 0.5) is 4.79 Å². The molecule has 1 unspecified atom stereocenters. The second kappa shape index (κ2) is 9.06. The lowest BCUT2D eigenvalue weighted by molar-refractivity contribution is 0.0515. The number of hydrogen-bond donors (Lipinski definition) is 1. The quantitative estimate of drug-likeness (QED) is 0.648. The summed E-state index contributed by atoms with van der Waals surface area (Å²) in [5.74, 6) is 0. The molecule has 1 aliphatic rings. The number of hydrogen-bond acceptors (Lipinski definition) is 5. The first kappa shape index (κ1) is 21.3. The molecule has 0 spiro atoms. The van der Waals surface area contributed by atoms with Crippen molar-refractivity contribution in [3.8, 4) is 0 Å². The van der Waals surface area contributed by atoms with Crippen LogP contribution in [-0.2, 0) is 17.7 Å². The molecule has 1 amide bonds. The van der Waals surface area contributed by atoms with Crippen LogP contribution in [0, 0.1) is 0 Å². The molecular formula is C24H31N5O2. The summed E-state index contributed by atoms with van der Waals surface area (Å²) in [6, 6.07) is 10.4. The molecule has 0 saturated heterocycles. The highest BCUT2D eigenvalue weighted by atomic mass is 16.6. The zero-order chi connectivity index (χ0) is 21.8. The molecule has 1 aliphatic carbocycles. The average Bonchev–Trinajstić information content (AvgIpc) is 3.14. The maximum atomic E-state index is 12.1. The van der Waals surface area contributed by atoms with Gasteiger partial charge < -0.3 is 14.5 Å². The lowest BCUT2D eigenvalue weighted by atomic mass is 9.90. The van der Waals surface area contributed by atoms with Gasteiger partial charge in [0.1, 0.15) is 11.2 Å². The largest absolute Gasteiger partial charge is 0.444 e. The van der Waals surface area contributed by atoms with E-state index in [-0.39, 0.29) is 12.1 Å². The Balaban J connectivity index is 1.52. The van der Waals surface area contributed by atoms with Crippen molar-refractivity contribution in [1.82, 2.24) is 24.6 Å². The third kappa shape index (κ3) is 5.41. The number of nitrogens with one attached hydrogen (secondary N) is 1. The van der Waals surface area contributed by atoms with E-state index >= 15 is 0 Å². The first-order valence-corrected chi connectivity index (χ1v) is 11.0. The number of aryl methyl sites for hydroxylation is 1. The Hall–Kier alpha value is -2.93. The van der Waals surface area contributed by atoms with Gasteiger partial charge in [-0.05, 0) is 63.8 Å². The maximum Gasteiger partial charge on any atom is 0.407 e. The summed E-state index contributed by atoms with van der Waals surface area (Å²) in [5, 5.41) is 2.90. The minimum atomic E-state index is -0.507. The van der Waals surface area contributed by atoms with Crippen LogP contribution in [0.5, 0.6) is 0 Å². The molecule has 7 heteroatoms. The van der Waals surface area contributed by atoms with Crippen LogP contribution in [0.15, 0.2) is 48.9 Å². The lowest BCUT2D eigenvalue weighted by Gasteiger charge is -2.34. The predicted molar refractivity (Wildman–Crippen MR) is 120 cm³/mol. The normalized spacial score (nSPS) is 16.3. The van der Waals surface area contributed by atoms with Crippen molar-refractivity contribution in [3.05, 3.63) is 65.9 Å². The molecule has 31 heavy (non-hydrogen) atoms. The van der Waals surface area contributed by atoms with Crippen LogP contribution in [0.1, 0.15) is 56.6 Å². The molecule has 1 atom stereocenters. The number of amides is 1. The van der Waals surface area contributed by atoms with Gasteiger partial charge in [0.05, 0.1) is 17.4 Å². The highest BCUT2D eigenvalue weighted by Crippen LogP contribution is 2.33. The Labute approximate surface area is 183 Å². The number of carbonyl (C=O) groups excluding carboxylic acids is 1. The minimum Gasteiger partial charge on any atom is -0.444 e. The van der Waals surface area contributed by atoms with Gasteiger partial charge in [-0.15, -0.1) is 0 Å². The molecule has 3 aromatic heterocycles. The molecule has 0 aliphatic heterocycles. The molecule has 0 aromatic carbocycles. The smallest absolute Gasteiger partial charge is 0.407 e. The number of alkyl carbamates (subject to hydrolysis) is 1. The molecule has 3 heterocycles. The molecule has 0 saturated carbocycles. The molecule has 7 nitrogen and oxygen atoms in total. The van der Waals surface area contributed by atoms with Gasteiger partial charge in [0.2, 0.25) is 0 Å². The van der Waals surface area contributed by atoms with E-state index in [1.807, 2.05) is 61.8 Å². The lowest BCUT2D eigenvalue weighted by Crippen LogP contribution is -2.40. The summed E-state index contributed by atoms with van der Waals surface area (Å²) in [6.45, 7) is 7.49. The van der Waals surface area contributed by atoms with E-state index in [1.54, 1.807) is 0 Å². The Morgan fingerprint density at radius 3 is 2.97 bits per heavy atom. The number of pyridine rings is 2. The zero-order valence-electron chi connectivity index (χ0n) is 18.5. The number of rotatable bonds is 6. The van der Waals surface area contributed by atoms with E-state index < -0.39 is 5.60 Å². The molecule has 0 radical (unpaired) electrons. The zero-order valence-corrected chi connectivity index (χ0v) is 18.5. The van der Waals surface area contributed by atoms with Crippen LogP contribution >= 0.6 is 0 Å². The number of ether oxygens (including phenoxy) is 1. The summed E-state index contributed by atoms with van der Waals surface area (Å²) in [4.78, 5) is 24.0. The Bertz CT molecular complexity index is 1010. The molecule has 164 valence electrons. The Kier molecular flexibility index (Phi) is 6.23. The van der Waals surface area contributed by atoms with E-state index in [0.29, 0.717) is 19.6 Å². The molecule has 4 rings (SSSR count). The van der Waals surface area contributed by atoms with Crippen molar-refractivity contribution in [1.29, 1.82) is 0 Å². The third-order valence-corrected chi connectivity index (χ3v) is 5.45. The van der Waals surface area contributed by atoms with Gasteiger partial charge in [-0.25, -0.2) is 9.78 Å². The van der Waals surface area contributed by atoms with Crippen LogP contribution in [0.25, 0.3) is 5.65 Å². The van der Waals surface area contributed by atoms with Crippen LogP contribution in [-0.4, -0.2) is 44.1 Å². The van der Waals surface area contributed by atoms with Crippen LogP contribution in [0.2, 0.25) is 0 Å². The molecular weight excluding hydrogens is 390 g/mol. The van der Waals surface area contributed by atoms with Crippen molar-refractivity contribution >= 4 is 11.7 Å². The minimum absolute atomic E-state index is 0.204. The van der Waals surface area contributed by atoms with Gasteiger partial charge >= 0.3 is 6.09 Å². The Morgan fingerprint density at radius 2 is 2.16 bits per heavy atom. The van der Waals surface area contributed by atoms with Crippen LogP contribution in [0.3, 0.4) is 0 Å². The van der Waals surface area contributed by atoms with Gasteiger partial charge in [-0.3, -0.25) is 9.88 Å². The SMILES string of the molecule is CC(C)(C)OC(=O)NCCN(Cc1cn2ccccc2n1)C1CCCc2cccnc21. The van der Waals surface area contributed by atoms with Gasteiger partial charge in [0.25, 0.3) is 0 Å². The van der Waals surface area contributed by atoms with E-state index in [4.69, 9.17) is 14.7 Å². The van der Waals surface area contributed by atoms with E-state index in [2.05, 4.69) is 22.5 Å². The second-order valence-electron chi connectivity index (χ2n) is 9.05. The fourth-order valence-corrected chi connectivity index (χ4v) is 4.17. The number of carbonyl (C=O) groups is 1. The molecule has 3 aromatic rings. The average molecular weight is 422 g/mol. The molecule has 0 fully saturated rings. The maximum absolute atomic E-state index is 12.1. The number of fused-ring (bicyclic) bond motifs is 2. The highest BCUT2D eigenvalue weighted by Gasteiger charge is 2.28. The molecule has 1 N–H and O–H groups in total. The monoisotopic (exact) mass is 421 g/mol. The predicted octanol–water partition coefficient (Wildman–Crippen LogP) is 4.13. The van der Waals surface area contributed by atoms with E-state index in [1.165, 1.54) is 5.56 Å². The topological polar surface area (TPSA) is 71.8 Å². The van der Waals surface area contributed by atoms with E-state index in [0.717, 1.165) is 36.3 Å². The standard InChI is InChI=1S/C24H31N5O2/c1-24(2,3)31-23(30)26-13-15-28(16-19-17-29-14-5-4-11-21(29)27-19)20-10-6-8-18-9-7-12-25-22(18)20/h4-5,7,9,11-12,14,17,20H,6,8,10,13,15-16H2,1-3H3,(H,26,30). The van der Waals surface area contributed by atoms with Gasteiger partial charge in [0.15, 0.2) is 0 Å². The van der Waals surface area contributed by atoms with E-state index in [9.17, 15) is 4.79 Å². The van der Waals surface area contributed by atoms with Gasteiger partial charge in [-0.1, -0.05) is 12.1 Å². The first-order chi connectivity index (χ1) is 14.9. The first-order valence-electron chi connectivity index (χ1n) is 11.0. The van der Waals surface area contributed by atoms with Gasteiger partial charge in [0, 0.05) is 38.2 Å². The summed E-state index contributed by atoms with van der Waals surface area (Å²) in [5.41, 5.74) is 3.90. The van der Waals surface area contributed by atoms with Crippen molar-refractivity contribution in [3.63, 3.8) is 0 Å². The number of imidazole rings is 1. The summed E-state index contributed by atoms with van der Waals surface area (Å²) in [7, 11) is 0. The number of aromatic nitrogens is 3. The van der Waals surface area contributed by atoms with Crippen molar-refractivity contribution < 1.29 is 9.53 Å². The highest BCUT2D eigenvalue weighted by molar-refractivity contribution is 5.67. The number of nitrogens with zero attached hydrogens (tertiary/aromatic N) is 4. The van der Waals surface area contributed by atoms with Crippen LogP contribution < -0.4 is 5.32 Å². The van der Waals surface area contributed by atoms with Crippen molar-refractivity contribution in [2.24, 2.45) is 0 Å². The summed E-state index contributed by atoms with van der Waals surface area (Å²) < 4.78 is 7.42. The third-order valence-electron chi connectivity index (χ3n) is 5.45. The second-order valence-corrected chi connectivity index (χ2v) is 9.05. The van der Waals surface area contributed by atoms with Gasteiger partial charge in [-0.2, -0.15) is 0 Å². The summed E-state index contributed by atoms with van der Waals surface area (Å²) >= 11 is 0. The Morgan fingerprint density at radius 1 is 1.29 bits per heavy atom. The fourth-order valence-electron chi connectivity index (χ4n) is 4.17. The van der Waals surface area contributed by atoms with Crippen molar-refractivity contribution in [2.75, 3.05) is 13.1 Å². The summed E-state index contributed by atoms with van der Waals surface area (Å²) in [6.07, 6.45) is 8.82. The molecule has 0 bridgehead atoms. The fraction of sp³-hybridized carbons (Fsp3) is 0.458. The van der Waals surface area contributed by atoms with Crippen molar-refractivity contribution in [2.45, 2.75) is 58.2 Å².